The van der Waals surface area contributed by atoms with Gasteiger partial charge in [0, 0.05) is 18.9 Å². The molecule has 0 unspecified atom stereocenters. The number of hydrogen-bond donors (Lipinski definition) is 2. The summed E-state index contributed by atoms with van der Waals surface area (Å²) in [7, 11) is -3.38. The van der Waals surface area contributed by atoms with Crippen LogP contribution in [0.2, 0.25) is 0 Å². The quantitative estimate of drug-likeness (QED) is 0.806. The predicted molar refractivity (Wildman–Crippen MR) is 80.9 cm³/mol. The predicted octanol–water partition coefficient (Wildman–Crippen LogP) is 1.24. The molecular weight excluding hydrogens is 288 g/mol. The number of hydrogen-bond acceptors (Lipinski definition) is 4. The maximum atomic E-state index is 12.0. The van der Waals surface area contributed by atoms with E-state index in [0.29, 0.717) is 24.1 Å². The van der Waals surface area contributed by atoms with Crippen LogP contribution in [-0.2, 0) is 28.8 Å². The highest BCUT2D eigenvalue weighted by Crippen LogP contribution is 2.09. The highest BCUT2D eigenvalue weighted by atomic mass is 32.2. The molecule has 0 spiro atoms. The van der Waals surface area contributed by atoms with Crippen LogP contribution in [0.3, 0.4) is 0 Å². The van der Waals surface area contributed by atoms with Crippen LogP contribution in [0.15, 0.2) is 48.8 Å². The zero-order valence-electron chi connectivity index (χ0n) is 11.6. The Bertz CT molecular complexity index is 672. The Morgan fingerprint density at radius 1 is 1.05 bits per heavy atom. The van der Waals surface area contributed by atoms with Gasteiger partial charge < -0.3 is 5.11 Å². The van der Waals surface area contributed by atoms with Crippen molar-refractivity contribution < 1.29 is 13.5 Å². The fraction of sp³-hybridized carbons (Fsp3) is 0.267. The molecule has 1 heterocycles. The van der Waals surface area contributed by atoms with Crippen molar-refractivity contribution in [1.82, 2.24) is 9.71 Å². The van der Waals surface area contributed by atoms with Crippen molar-refractivity contribution in [3.05, 3.63) is 65.5 Å². The monoisotopic (exact) mass is 306 g/mol. The summed E-state index contributed by atoms with van der Waals surface area (Å²) >= 11 is 0. The summed E-state index contributed by atoms with van der Waals surface area (Å²) in [6.45, 7) is 0.259. The van der Waals surface area contributed by atoms with Gasteiger partial charge in [0.2, 0.25) is 10.0 Å². The van der Waals surface area contributed by atoms with Crippen LogP contribution >= 0.6 is 0 Å². The first-order valence-electron chi connectivity index (χ1n) is 6.64. The van der Waals surface area contributed by atoms with Crippen LogP contribution in [0.5, 0.6) is 0 Å². The Balaban J connectivity index is 1.89. The van der Waals surface area contributed by atoms with Gasteiger partial charge in [0.1, 0.15) is 0 Å². The number of aliphatic hydroxyl groups excluding tert-OH is 1. The largest absolute Gasteiger partial charge is 0.392 e. The fourth-order valence-corrected chi connectivity index (χ4v) is 3.12. The molecule has 0 atom stereocenters. The van der Waals surface area contributed by atoms with Crippen molar-refractivity contribution in [2.45, 2.75) is 18.8 Å². The van der Waals surface area contributed by atoms with Gasteiger partial charge in [0.15, 0.2) is 0 Å². The van der Waals surface area contributed by atoms with Gasteiger partial charge >= 0.3 is 0 Å². The Morgan fingerprint density at radius 3 is 2.48 bits per heavy atom. The maximum Gasteiger partial charge on any atom is 0.215 e. The van der Waals surface area contributed by atoms with Crippen LogP contribution in [0.1, 0.15) is 16.7 Å². The third-order valence-corrected chi connectivity index (χ3v) is 4.37. The summed E-state index contributed by atoms with van der Waals surface area (Å²) in [5.41, 5.74) is 2.41. The standard InChI is InChI=1S/C15H18N2O3S/c18-11-14-2-1-3-15(10-14)12-21(19,20)17-9-6-13-4-7-16-8-5-13/h1-5,7-8,10,17-18H,6,9,11-12H2. The Hall–Kier alpha value is -1.76. The average molecular weight is 306 g/mol. The zero-order chi connectivity index (χ0) is 15.1. The molecule has 0 saturated heterocycles. The van der Waals surface area contributed by atoms with Gasteiger partial charge in [-0.15, -0.1) is 0 Å². The van der Waals surface area contributed by atoms with E-state index in [2.05, 4.69) is 9.71 Å². The van der Waals surface area contributed by atoms with Crippen LogP contribution in [0.25, 0.3) is 0 Å². The summed E-state index contributed by atoms with van der Waals surface area (Å²) in [5.74, 6) is -0.0861. The molecular formula is C15H18N2O3S. The lowest BCUT2D eigenvalue weighted by Gasteiger charge is -2.08. The van der Waals surface area contributed by atoms with E-state index in [9.17, 15) is 8.42 Å². The third-order valence-electron chi connectivity index (χ3n) is 3.02. The number of nitrogens with zero attached hydrogens (tertiary/aromatic N) is 1. The third kappa shape index (κ3) is 5.26. The van der Waals surface area contributed by atoms with Crippen molar-refractivity contribution >= 4 is 10.0 Å². The lowest BCUT2D eigenvalue weighted by Crippen LogP contribution is -2.27. The van der Waals surface area contributed by atoms with Gasteiger partial charge in [-0.2, -0.15) is 0 Å². The average Bonchev–Trinajstić information content (AvgIpc) is 2.48. The Labute approximate surface area is 124 Å². The van der Waals surface area contributed by atoms with E-state index in [0.717, 1.165) is 5.56 Å². The molecule has 6 heteroatoms. The molecule has 0 saturated carbocycles. The van der Waals surface area contributed by atoms with E-state index in [1.54, 1.807) is 36.7 Å². The SMILES string of the molecule is O=S(=O)(Cc1cccc(CO)c1)NCCc1ccncc1. The number of nitrogens with one attached hydrogen (secondary N) is 1. The molecule has 112 valence electrons. The Kier molecular flexibility index (Phi) is 5.44. The van der Waals surface area contributed by atoms with E-state index >= 15 is 0 Å². The Morgan fingerprint density at radius 2 is 1.76 bits per heavy atom. The number of aromatic nitrogens is 1. The second-order valence-corrected chi connectivity index (χ2v) is 6.54. The van der Waals surface area contributed by atoms with Crippen LogP contribution in [0, 0.1) is 0 Å². The zero-order valence-corrected chi connectivity index (χ0v) is 12.4. The number of pyridine rings is 1. The topological polar surface area (TPSA) is 79.3 Å². The molecule has 0 aliphatic heterocycles. The maximum absolute atomic E-state index is 12.0. The lowest BCUT2D eigenvalue weighted by atomic mass is 10.1. The smallest absolute Gasteiger partial charge is 0.215 e. The van der Waals surface area contributed by atoms with Crippen molar-refractivity contribution in [3.63, 3.8) is 0 Å². The molecule has 0 bridgehead atoms. The molecule has 0 aliphatic carbocycles. The van der Waals surface area contributed by atoms with Gasteiger partial charge in [0.05, 0.1) is 12.4 Å². The minimum atomic E-state index is -3.38. The van der Waals surface area contributed by atoms with Gasteiger partial charge in [-0.05, 0) is 35.2 Å². The number of sulfonamides is 1. The molecule has 0 amide bonds. The molecule has 2 rings (SSSR count). The van der Waals surface area contributed by atoms with E-state index < -0.39 is 10.0 Å². The van der Waals surface area contributed by atoms with Gasteiger partial charge in [-0.1, -0.05) is 24.3 Å². The molecule has 1 aromatic heterocycles. The summed E-state index contributed by atoms with van der Waals surface area (Å²) in [6, 6.07) is 10.7. The first-order valence-corrected chi connectivity index (χ1v) is 8.29. The summed E-state index contributed by atoms with van der Waals surface area (Å²) in [6.07, 6.45) is 3.99. The van der Waals surface area contributed by atoms with Gasteiger partial charge in [0.25, 0.3) is 0 Å². The van der Waals surface area contributed by atoms with Crippen molar-refractivity contribution in [3.8, 4) is 0 Å². The second-order valence-electron chi connectivity index (χ2n) is 4.74. The van der Waals surface area contributed by atoms with Crippen molar-refractivity contribution in [1.29, 1.82) is 0 Å². The summed E-state index contributed by atoms with van der Waals surface area (Å²) in [5, 5.41) is 9.06. The number of benzene rings is 1. The van der Waals surface area contributed by atoms with E-state index in [1.807, 2.05) is 12.1 Å². The van der Waals surface area contributed by atoms with Crippen molar-refractivity contribution in [2.75, 3.05) is 6.54 Å². The van der Waals surface area contributed by atoms with Gasteiger partial charge in [-0.3, -0.25) is 4.98 Å². The van der Waals surface area contributed by atoms with E-state index in [-0.39, 0.29) is 12.4 Å². The molecule has 2 N–H and O–H groups in total. The highest BCUT2D eigenvalue weighted by Gasteiger charge is 2.11. The molecule has 0 radical (unpaired) electrons. The van der Waals surface area contributed by atoms with E-state index in [1.165, 1.54) is 0 Å². The number of aliphatic hydroxyl groups is 1. The second kappa shape index (κ2) is 7.31. The summed E-state index contributed by atoms with van der Waals surface area (Å²) < 4.78 is 26.6. The van der Waals surface area contributed by atoms with Crippen LogP contribution in [0.4, 0.5) is 0 Å². The number of rotatable bonds is 7. The first-order chi connectivity index (χ1) is 10.1. The highest BCUT2D eigenvalue weighted by molar-refractivity contribution is 7.88. The minimum absolute atomic E-state index is 0.0861. The van der Waals surface area contributed by atoms with Crippen molar-refractivity contribution in [2.24, 2.45) is 0 Å². The minimum Gasteiger partial charge on any atom is -0.392 e. The van der Waals surface area contributed by atoms with Gasteiger partial charge in [-0.25, -0.2) is 13.1 Å². The molecule has 0 aliphatic rings. The molecule has 2 aromatic rings. The van der Waals surface area contributed by atoms with Crippen LogP contribution < -0.4 is 4.72 Å². The molecule has 0 fully saturated rings. The van der Waals surface area contributed by atoms with Crippen LogP contribution in [-0.4, -0.2) is 25.1 Å². The molecule has 21 heavy (non-hydrogen) atoms. The lowest BCUT2D eigenvalue weighted by molar-refractivity contribution is 0.282. The fourth-order valence-electron chi connectivity index (χ4n) is 1.99. The normalized spacial score (nSPS) is 11.5. The first kappa shape index (κ1) is 15.6. The molecule has 5 nitrogen and oxygen atoms in total. The van der Waals surface area contributed by atoms with E-state index in [4.69, 9.17) is 5.11 Å². The molecule has 1 aromatic carbocycles. The summed E-state index contributed by atoms with van der Waals surface area (Å²) in [4.78, 5) is 3.92.